The molecule has 25 heavy (non-hydrogen) atoms. The Morgan fingerprint density at radius 3 is 2.80 bits per heavy atom. The number of anilines is 2. The number of hydrogen-bond donors (Lipinski definition) is 1. The number of fused-ring (bicyclic) bond motifs is 1. The van der Waals surface area contributed by atoms with Gasteiger partial charge in [-0.1, -0.05) is 18.2 Å². The van der Waals surface area contributed by atoms with Crippen LogP contribution in [0.15, 0.2) is 42.5 Å². The van der Waals surface area contributed by atoms with E-state index in [1.807, 2.05) is 36.1 Å². The van der Waals surface area contributed by atoms with E-state index in [9.17, 15) is 4.79 Å². The van der Waals surface area contributed by atoms with Crippen LogP contribution < -0.4 is 15.5 Å². The third kappa shape index (κ3) is 3.02. The van der Waals surface area contributed by atoms with Gasteiger partial charge in [0.2, 0.25) is 0 Å². The minimum atomic E-state index is 0.101. The lowest BCUT2D eigenvalue weighted by molar-refractivity contribution is 0.0989. The number of nitrogens with two attached hydrogens (primary N) is 1. The maximum atomic E-state index is 13.0. The minimum Gasteiger partial charge on any atom is -0.370 e. The molecule has 130 valence electrons. The standard InChI is InChI=1S/C21H25N3O/c1-15-5-2-3-7-19(15)21(25)24-12-10-16-13-18(8-9-20(16)24)23-11-4-6-17(22)14-23/h2-3,5,7-9,13,17H,4,6,10-12,14,22H2,1H3. The van der Waals surface area contributed by atoms with Crippen molar-refractivity contribution in [3.05, 3.63) is 59.2 Å². The van der Waals surface area contributed by atoms with Crippen LogP contribution in [0.4, 0.5) is 11.4 Å². The van der Waals surface area contributed by atoms with Gasteiger partial charge in [-0.3, -0.25) is 4.79 Å². The molecule has 1 saturated heterocycles. The number of piperidine rings is 1. The molecule has 0 bridgehead atoms. The van der Waals surface area contributed by atoms with E-state index in [1.165, 1.54) is 11.3 Å². The van der Waals surface area contributed by atoms with Crippen LogP contribution in [0.5, 0.6) is 0 Å². The molecule has 0 aliphatic carbocycles. The van der Waals surface area contributed by atoms with Gasteiger partial charge in [-0.2, -0.15) is 0 Å². The zero-order valence-electron chi connectivity index (χ0n) is 14.7. The van der Waals surface area contributed by atoms with Gasteiger partial charge >= 0.3 is 0 Å². The predicted octanol–water partition coefficient (Wildman–Crippen LogP) is 3.13. The third-order valence-corrected chi connectivity index (χ3v) is 5.40. The lowest BCUT2D eigenvalue weighted by Crippen LogP contribution is -2.42. The van der Waals surface area contributed by atoms with Gasteiger partial charge in [0.25, 0.3) is 5.91 Å². The highest BCUT2D eigenvalue weighted by molar-refractivity contribution is 6.08. The maximum absolute atomic E-state index is 13.0. The van der Waals surface area contributed by atoms with Crippen LogP contribution >= 0.6 is 0 Å². The first kappa shape index (κ1) is 16.2. The molecule has 1 unspecified atom stereocenters. The molecular formula is C21H25N3O. The van der Waals surface area contributed by atoms with E-state index in [0.717, 1.165) is 55.7 Å². The molecular weight excluding hydrogens is 310 g/mol. The van der Waals surface area contributed by atoms with Crippen molar-refractivity contribution in [2.45, 2.75) is 32.2 Å². The van der Waals surface area contributed by atoms with Gasteiger partial charge in [-0.25, -0.2) is 0 Å². The first-order chi connectivity index (χ1) is 12.1. The summed E-state index contributed by atoms with van der Waals surface area (Å²) in [5, 5.41) is 0. The number of carbonyl (C=O) groups is 1. The Hall–Kier alpha value is -2.33. The fourth-order valence-electron chi connectivity index (χ4n) is 4.00. The van der Waals surface area contributed by atoms with Crippen molar-refractivity contribution >= 4 is 17.3 Å². The topological polar surface area (TPSA) is 49.6 Å². The largest absolute Gasteiger partial charge is 0.370 e. The Balaban J connectivity index is 1.59. The van der Waals surface area contributed by atoms with E-state index in [0.29, 0.717) is 0 Å². The minimum absolute atomic E-state index is 0.101. The molecule has 0 spiro atoms. The van der Waals surface area contributed by atoms with Crippen LogP contribution in [-0.2, 0) is 6.42 Å². The molecule has 0 radical (unpaired) electrons. The number of hydrogen-bond acceptors (Lipinski definition) is 3. The van der Waals surface area contributed by atoms with E-state index < -0.39 is 0 Å². The van der Waals surface area contributed by atoms with Gasteiger partial charge in [-0.15, -0.1) is 0 Å². The average Bonchev–Trinajstić information content (AvgIpc) is 3.05. The Labute approximate surface area is 149 Å². The second-order valence-corrected chi connectivity index (χ2v) is 7.18. The van der Waals surface area contributed by atoms with E-state index in [-0.39, 0.29) is 11.9 Å². The van der Waals surface area contributed by atoms with E-state index in [2.05, 4.69) is 23.1 Å². The summed E-state index contributed by atoms with van der Waals surface area (Å²) in [6.07, 6.45) is 3.18. The van der Waals surface area contributed by atoms with Crippen LogP contribution in [-0.4, -0.2) is 31.6 Å². The summed E-state index contributed by atoms with van der Waals surface area (Å²) >= 11 is 0. The van der Waals surface area contributed by atoms with E-state index in [1.54, 1.807) is 0 Å². The van der Waals surface area contributed by atoms with Gasteiger partial charge in [0, 0.05) is 42.6 Å². The highest BCUT2D eigenvalue weighted by Gasteiger charge is 2.27. The molecule has 2 aliphatic rings. The summed E-state index contributed by atoms with van der Waals surface area (Å²) in [5.74, 6) is 0.101. The molecule has 2 N–H and O–H groups in total. The van der Waals surface area contributed by atoms with E-state index in [4.69, 9.17) is 5.73 Å². The fraction of sp³-hybridized carbons (Fsp3) is 0.381. The average molecular weight is 335 g/mol. The van der Waals surface area contributed by atoms with Crippen molar-refractivity contribution in [2.24, 2.45) is 5.73 Å². The van der Waals surface area contributed by atoms with Gasteiger partial charge in [-0.05, 0) is 61.6 Å². The Morgan fingerprint density at radius 1 is 1.16 bits per heavy atom. The van der Waals surface area contributed by atoms with Crippen LogP contribution in [0.25, 0.3) is 0 Å². The first-order valence-electron chi connectivity index (χ1n) is 9.14. The Bertz CT molecular complexity index is 801. The van der Waals surface area contributed by atoms with Crippen molar-refractivity contribution in [3.63, 3.8) is 0 Å². The quantitative estimate of drug-likeness (QED) is 0.917. The summed E-state index contributed by atoms with van der Waals surface area (Å²) in [7, 11) is 0. The Morgan fingerprint density at radius 2 is 2.00 bits per heavy atom. The van der Waals surface area contributed by atoms with Crippen molar-refractivity contribution in [3.8, 4) is 0 Å². The number of nitrogens with zero attached hydrogens (tertiary/aromatic N) is 2. The first-order valence-corrected chi connectivity index (χ1v) is 9.14. The maximum Gasteiger partial charge on any atom is 0.258 e. The van der Waals surface area contributed by atoms with E-state index >= 15 is 0 Å². The molecule has 0 aromatic heterocycles. The molecule has 2 aromatic carbocycles. The summed E-state index contributed by atoms with van der Waals surface area (Å²) in [5.41, 5.74) is 11.5. The second kappa shape index (κ2) is 6.52. The summed E-state index contributed by atoms with van der Waals surface area (Å²) in [6, 6.07) is 14.6. The second-order valence-electron chi connectivity index (χ2n) is 7.18. The number of amides is 1. The van der Waals surface area contributed by atoms with Crippen molar-refractivity contribution in [2.75, 3.05) is 29.4 Å². The predicted molar refractivity (Wildman–Crippen MR) is 102 cm³/mol. The number of rotatable bonds is 2. The van der Waals surface area contributed by atoms with Gasteiger partial charge in [0.1, 0.15) is 0 Å². The normalized spacial score (nSPS) is 19.8. The van der Waals surface area contributed by atoms with Crippen LogP contribution in [0.3, 0.4) is 0 Å². The van der Waals surface area contributed by atoms with Gasteiger partial charge < -0.3 is 15.5 Å². The Kier molecular flexibility index (Phi) is 4.22. The molecule has 0 saturated carbocycles. The van der Waals surface area contributed by atoms with Gasteiger partial charge in [0.15, 0.2) is 0 Å². The molecule has 1 fully saturated rings. The summed E-state index contributed by atoms with van der Waals surface area (Å²) < 4.78 is 0. The van der Waals surface area contributed by atoms with Crippen molar-refractivity contribution < 1.29 is 4.79 Å². The molecule has 2 heterocycles. The zero-order valence-corrected chi connectivity index (χ0v) is 14.7. The van der Waals surface area contributed by atoms with Crippen LogP contribution in [0, 0.1) is 6.92 Å². The molecule has 4 nitrogen and oxygen atoms in total. The lowest BCUT2D eigenvalue weighted by atomic mass is 10.0. The number of benzene rings is 2. The lowest BCUT2D eigenvalue weighted by Gasteiger charge is -2.33. The number of aryl methyl sites for hydroxylation is 1. The molecule has 4 rings (SSSR count). The SMILES string of the molecule is Cc1ccccc1C(=O)N1CCc2cc(N3CCCC(N)C3)ccc21. The van der Waals surface area contributed by atoms with Crippen molar-refractivity contribution in [1.82, 2.24) is 0 Å². The van der Waals surface area contributed by atoms with Crippen molar-refractivity contribution in [1.29, 1.82) is 0 Å². The summed E-state index contributed by atoms with van der Waals surface area (Å²) in [4.78, 5) is 17.3. The number of carbonyl (C=O) groups excluding carboxylic acids is 1. The monoisotopic (exact) mass is 335 g/mol. The smallest absolute Gasteiger partial charge is 0.258 e. The molecule has 4 heteroatoms. The fourth-order valence-corrected chi connectivity index (χ4v) is 4.00. The molecule has 2 aromatic rings. The third-order valence-electron chi connectivity index (χ3n) is 5.40. The molecule has 1 amide bonds. The van der Waals surface area contributed by atoms with Crippen LogP contribution in [0.2, 0.25) is 0 Å². The summed E-state index contributed by atoms with van der Waals surface area (Å²) in [6.45, 7) is 4.74. The highest BCUT2D eigenvalue weighted by Crippen LogP contribution is 2.33. The molecule has 2 aliphatic heterocycles. The van der Waals surface area contributed by atoms with Gasteiger partial charge in [0.05, 0.1) is 0 Å². The highest BCUT2D eigenvalue weighted by atomic mass is 16.2. The molecule has 1 atom stereocenters. The van der Waals surface area contributed by atoms with Crippen LogP contribution in [0.1, 0.15) is 34.3 Å². The zero-order chi connectivity index (χ0) is 17.4.